The van der Waals surface area contributed by atoms with Crippen LogP contribution in [0.15, 0.2) is 0 Å². The van der Waals surface area contributed by atoms with Crippen molar-refractivity contribution in [3.63, 3.8) is 0 Å². The molecule has 0 radical (unpaired) electrons. The van der Waals surface area contributed by atoms with Crippen molar-refractivity contribution in [1.82, 2.24) is 5.06 Å². The Kier molecular flexibility index (Phi) is 0.486. The minimum atomic E-state index is -0.192. The standard InChI is InChI=1S/C4H5NO2S/c1-2-8-3-4(6-3)5(1)7-4/h3H,1-2H2. The first-order valence-electron chi connectivity index (χ1n) is 2.68. The fourth-order valence-corrected chi connectivity index (χ4v) is 2.14. The van der Waals surface area contributed by atoms with Gasteiger partial charge in [0.05, 0.1) is 0 Å². The Morgan fingerprint density at radius 1 is 1.75 bits per heavy atom. The van der Waals surface area contributed by atoms with Gasteiger partial charge in [0.1, 0.15) is 0 Å². The molecule has 3 rings (SSSR count). The van der Waals surface area contributed by atoms with Gasteiger partial charge in [0.25, 0.3) is 0 Å². The molecule has 0 N–H and O–H groups in total. The predicted octanol–water partition coefficient (Wildman–Crippen LogP) is -0.00950. The topological polar surface area (TPSA) is 28.1 Å². The molecule has 3 atom stereocenters. The monoisotopic (exact) mass is 131 g/mol. The Morgan fingerprint density at radius 3 is 3.50 bits per heavy atom. The van der Waals surface area contributed by atoms with E-state index in [2.05, 4.69) is 0 Å². The number of hydrogen-bond acceptors (Lipinski definition) is 4. The molecular weight excluding hydrogens is 126 g/mol. The molecule has 0 aromatic carbocycles. The summed E-state index contributed by atoms with van der Waals surface area (Å²) < 4.78 is 5.21. The molecule has 0 aliphatic carbocycles. The maximum Gasteiger partial charge on any atom is 0.307 e. The van der Waals surface area contributed by atoms with Gasteiger partial charge in [-0.3, -0.25) is 0 Å². The van der Waals surface area contributed by atoms with Crippen LogP contribution in [0.4, 0.5) is 0 Å². The summed E-state index contributed by atoms with van der Waals surface area (Å²) in [5, 5.41) is 1.91. The highest BCUT2D eigenvalue weighted by Crippen LogP contribution is 2.60. The van der Waals surface area contributed by atoms with Gasteiger partial charge in [-0.1, -0.05) is 0 Å². The van der Waals surface area contributed by atoms with Crippen LogP contribution in [0.25, 0.3) is 0 Å². The van der Waals surface area contributed by atoms with E-state index in [0.717, 1.165) is 12.3 Å². The number of rotatable bonds is 0. The summed E-state index contributed by atoms with van der Waals surface area (Å²) >= 11 is 1.84. The average molecular weight is 131 g/mol. The molecule has 3 unspecified atom stereocenters. The maximum atomic E-state index is 5.21. The molecule has 0 bridgehead atoms. The zero-order valence-electron chi connectivity index (χ0n) is 4.16. The summed E-state index contributed by atoms with van der Waals surface area (Å²) in [6, 6.07) is 0. The van der Waals surface area contributed by atoms with Gasteiger partial charge in [-0.25, -0.2) is 4.84 Å². The van der Waals surface area contributed by atoms with Gasteiger partial charge < -0.3 is 4.74 Å². The first kappa shape index (κ1) is 4.11. The third-order valence-electron chi connectivity index (χ3n) is 1.64. The van der Waals surface area contributed by atoms with Crippen LogP contribution in [0.2, 0.25) is 0 Å². The van der Waals surface area contributed by atoms with E-state index in [1.54, 1.807) is 0 Å². The summed E-state index contributed by atoms with van der Waals surface area (Å²) in [4.78, 5) is 5.13. The number of ether oxygens (including phenoxy) is 1. The lowest BCUT2D eigenvalue weighted by Gasteiger charge is -1.97. The Labute approximate surface area is 50.9 Å². The van der Waals surface area contributed by atoms with E-state index in [0.29, 0.717) is 5.44 Å². The lowest BCUT2D eigenvalue weighted by atomic mass is 10.6. The number of nitrogens with zero attached hydrogens (tertiary/aromatic N) is 1. The van der Waals surface area contributed by atoms with Crippen molar-refractivity contribution in [2.45, 2.75) is 11.3 Å². The van der Waals surface area contributed by atoms with Crippen LogP contribution < -0.4 is 0 Å². The third-order valence-corrected chi connectivity index (χ3v) is 2.75. The predicted molar refractivity (Wildman–Crippen MR) is 27.9 cm³/mol. The van der Waals surface area contributed by atoms with Crippen molar-refractivity contribution >= 4 is 11.8 Å². The molecule has 3 nitrogen and oxygen atoms in total. The molecule has 0 aromatic rings. The smallest absolute Gasteiger partial charge is 0.307 e. The largest absolute Gasteiger partial charge is 0.310 e. The van der Waals surface area contributed by atoms with E-state index in [-0.39, 0.29) is 5.91 Å². The summed E-state index contributed by atoms with van der Waals surface area (Å²) in [7, 11) is 0. The van der Waals surface area contributed by atoms with Crippen molar-refractivity contribution in [1.29, 1.82) is 0 Å². The minimum absolute atomic E-state index is 0.192. The van der Waals surface area contributed by atoms with Crippen molar-refractivity contribution in [3.8, 4) is 0 Å². The fraction of sp³-hybridized carbons (Fsp3) is 1.00. The van der Waals surface area contributed by atoms with E-state index >= 15 is 0 Å². The van der Waals surface area contributed by atoms with Crippen molar-refractivity contribution in [2.24, 2.45) is 0 Å². The van der Waals surface area contributed by atoms with E-state index in [4.69, 9.17) is 9.57 Å². The van der Waals surface area contributed by atoms with E-state index in [1.807, 2.05) is 16.8 Å². The highest BCUT2D eigenvalue weighted by molar-refractivity contribution is 8.00. The molecule has 8 heavy (non-hydrogen) atoms. The van der Waals surface area contributed by atoms with Gasteiger partial charge in [-0.2, -0.15) is 0 Å². The van der Waals surface area contributed by atoms with Gasteiger partial charge in [-0.05, 0) is 0 Å². The Hall–Kier alpha value is 0.230. The fourth-order valence-electron chi connectivity index (χ4n) is 1.08. The molecule has 3 heterocycles. The summed E-state index contributed by atoms with van der Waals surface area (Å²) in [6.07, 6.45) is 0. The first-order chi connectivity index (χ1) is 3.92. The van der Waals surface area contributed by atoms with Gasteiger partial charge >= 0.3 is 5.91 Å². The number of hydrogen-bond donors (Lipinski definition) is 0. The van der Waals surface area contributed by atoms with Crippen molar-refractivity contribution in [3.05, 3.63) is 0 Å². The lowest BCUT2D eigenvalue weighted by Crippen LogP contribution is -2.14. The first-order valence-corrected chi connectivity index (χ1v) is 3.73. The maximum absolute atomic E-state index is 5.21. The summed E-state index contributed by atoms with van der Waals surface area (Å²) in [5.74, 6) is 0.954. The van der Waals surface area contributed by atoms with E-state index < -0.39 is 0 Å². The molecule has 1 spiro atoms. The van der Waals surface area contributed by atoms with E-state index in [1.165, 1.54) is 0 Å². The molecule has 4 heteroatoms. The molecule has 0 aromatic heterocycles. The SMILES string of the molecule is C1CN2OC23OC3S1. The molecule has 3 aliphatic rings. The third kappa shape index (κ3) is 0.290. The normalized spacial score (nSPS) is 66.0. The van der Waals surface area contributed by atoms with Crippen LogP contribution in [0, 0.1) is 0 Å². The quantitative estimate of drug-likeness (QED) is 0.432. The molecular formula is C4H5NO2S. The van der Waals surface area contributed by atoms with Crippen LogP contribution in [-0.2, 0) is 9.57 Å². The molecule has 3 saturated heterocycles. The van der Waals surface area contributed by atoms with Gasteiger partial charge in [0, 0.05) is 12.3 Å². The number of hydroxylamine groups is 2. The zero-order chi connectivity index (χ0) is 5.19. The molecule has 0 amide bonds. The highest BCUT2D eigenvalue weighted by Gasteiger charge is 2.78. The van der Waals surface area contributed by atoms with Crippen LogP contribution in [0.3, 0.4) is 0 Å². The summed E-state index contributed by atoms with van der Waals surface area (Å²) in [5.41, 5.74) is 0.344. The second-order valence-electron chi connectivity index (χ2n) is 2.14. The van der Waals surface area contributed by atoms with Crippen LogP contribution in [0.5, 0.6) is 0 Å². The Morgan fingerprint density at radius 2 is 2.75 bits per heavy atom. The van der Waals surface area contributed by atoms with Crippen molar-refractivity contribution < 1.29 is 9.57 Å². The summed E-state index contributed by atoms with van der Waals surface area (Å²) in [6.45, 7) is 1.03. The molecule has 3 aliphatic heterocycles. The second kappa shape index (κ2) is 0.945. The van der Waals surface area contributed by atoms with Gasteiger partial charge in [0.15, 0.2) is 5.44 Å². The van der Waals surface area contributed by atoms with Gasteiger partial charge in [-0.15, -0.1) is 16.8 Å². The number of thioether (sulfide) groups is 1. The van der Waals surface area contributed by atoms with Gasteiger partial charge in [0.2, 0.25) is 0 Å². The van der Waals surface area contributed by atoms with Crippen molar-refractivity contribution in [2.75, 3.05) is 12.3 Å². The van der Waals surface area contributed by atoms with E-state index in [9.17, 15) is 0 Å². The van der Waals surface area contributed by atoms with Crippen LogP contribution in [-0.4, -0.2) is 28.7 Å². The molecule has 3 fully saturated rings. The molecule has 0 saturated carbocycles. The second-order valence-corrected chi connectivity index (χ2v) is 3.31. The lowest BCUT2D eigenvalue weighted by molar-refractivity contribution is 0.195. The van der Waals surface area contributed by atoms with Crippen LogP contribution in [0.1, 0.15) is 0 Å². The Balaban J connectivity index is 1.95. The molecule has 44 valence electrons. The Bertz CT molecular complexity index is 131. The average Bonchev–Trinajstić information content (AvgIpc) is 2.45. The van der Waals surface area contributed by atoms with Crippen LogP contribution >= 0.6 is 11.8 Å². The zero-order valence-corrected chi connectivity index (χ0v) is 4.98. The number of epoxide rings is 1. The minimum Gasteiger partial charge on any atom is -0.310 e. The highest BCUT2D eigenvalue weighted by atomic mass is 32.2.